The van der Waals surface area contributed by atoms with Crippen LogP contribution in [0.15, 0.2) is 47.8 Å². The number of hydrogen-bond donors (Lipinski definition) is 2. The fourth-order valence-electron chi connectivity index (χ4n) is 3.38. The Morgan fingerprint density at radius 2 is 1.93 bits per heavy atom. The summed E-state index contributed by atoms with van der Waals surface area (Å²) >= 11 is 1.24. The molecule has 0 aliphatic heterocycles. The van der Waals surface area contributed by atoms with Crippen molar-refractivity contribution >= 4 is 39.4 Å². The van der Waals surface area contributed by atoms with Crippen molar-refractivity contribution in [1.29, 1.82) is 0 Å². The van der Waals surface area contributed by atoms with Gasteiger partial charge in [-0.15, -0.1) is 0 Å². The molecule has 0 unspecified atom stereocenters. The van der Waals surface area contributed by atoms with Gasteiger partial charge in [0, 0.05) is 27.4 Å². The second kappa shape index (κ2) is 7.73. The number of nitrogens with one attached hydrogen (secondary N) is 1. The van der Waals surface area contributed by atoms with Gasteiger partial charge in [0.25, 0.3) is 5.91 Å². The lowest BCUT2D eigenvalue weighted by atomic mass is 10.1. The molecular weight excluding hydrogens is 415 g/mol. The van der Waals surface area contributed by atoms with E-state index in [1.165, 1.54) is 23.7 Å². The molecule has 4 aromatic rings. The van der Waals surface area contributed by atoms with Gasteiger partial charge in [-0.2, -0.15) is 17.5 Å². The van der Waals surface area contributed by atoms with E-state index in [0.717, 1.165) is 28.4 Å². The van der Waals surface area contributed by atoms with Crippen molar-refractivity contribution in [2.75, 3.05) is 6.61 Å². The molecule has 1 amide bonds. The van der Waals surface area contributed by atoms with Crippen LogP contribution in [0.3, 0.4) is 0 Å². The van der Waals surface area contributed by atoms with Crippen molar-refractivity contribution in [2.24, 2.45) is 0 Å². The summed E-state index contributed by atoms with van der Waals surface area (Å²) in [6.07, 6.45) is -3.80. The van der Waals surface area contributed by atoms with E-state index in [4.69, 9.17) is 0 Å². The third-order valence-corrected chi connectivity index (χ3v) is 5.67. The standard InChI is InChI=1S/C21H18F3N3O2S/c1-2-14(10-28)25-20(29)12-3-8-18-16(9-12)17-11-30-26-19(17)27(18)15-6-4-13(5-7-15)21(22,23)24/h3-9,11,14,28H,2,10H2,1H3,(H,25,29)/t14-/m1/s1. The molecule has 156 valence electrons. The SMILES string of the molecule is CC[C@H](CO)NC(=O)c1ccc2c(c1)c1csnc1n2-c1ccc(C(F)(F)F)cc1. The lowest BCUT2D eigenvalue weighted by molar-refractivity contribution is -0.137. The van der Waals surface area contributed by atoms with Crippen molar-refractivity contribution in [1.82, 2.24) is 14.3 Å². The summed E-state index contributed by atoms with van der Waals surface area (Å²) in [4.78, 5) is 12.6. The first-order valence-electron chi connectivity index (χ1n) is 9.31. The largest absolute Gasteiger partial charge is 0.416 e. The molecule has 2 N–H and O–H groups in total. The number of fused-ring (bicyclic) bond motifs is 3. The molecule has 0 radical (unpaired) electrons. The molecule has 0 spiro atoms. The van der Waals surface area contributed by atoms with E-state index in [2.05, 4.69) is 9.69 Å². The first-order valence-corrected chi connectivity index (χ1v) is 10.1. The van der Waals surface area contributed by atoms with Crippen molar-refractivity contribution in [2.45, 2.75) is 25.6 Å². The zero-order valence-corrected chi connectivity index (χ0v) is 16.7. The fourth-order valence-corrected chi connectivity index (χ4v) is 4.05. The van der Waals surface area contributed by atoms with Crippen LogP contribution in [0.5, 0.6) is 0 Å². The number of alkyl halides is 3. The molecule has 5 nitrogen and oxygen atoms in total. The number of hydrogen-bond acceptors (Lipinski definition) is 4. The number of benzene rings is 2. The molecule has 0 fully saturated rings. The molecule has 4 rings (SSSR count). The van der Waals surface area contributed by atoms with E-state index in [0.29, 0.717) is 23.3 Å². The molecule has 0 saturated heterocycles. The van der Waals surface area contributed by atoms with E-state index in [-0.39, 0.29) is 18.6 Å². The smallest absolute Gasteiger partial charge is 0.394 e. The molecule has 30 heavy (non-hydrogen) atoms. The first-order chi connectivity index (χ1) is 14.3. The van der Waals surface area contributed by atoms with Crippen molar-refractivity contribution in [3.8, 4) is 5.69 Å². The van der Waals surface area contributed by atoms with Gasteiger partial charge in [-0.3, -0.25) is 9.36 Å². The highest BCUT2D eigenvalue weighted by Gasteiger charge is 2.30. The molecular formula is C21H18F3N3O2S. The lowest BCUT2D eigenvalue weighted by Crippen LogP contribution is -2.36. The number of carbonyl (C=O) groups excluding carboxylic acids is 1. The quantitative estimate of drug-likeness (QED) is 0.477. The highest BCUT2D eigenvalue weighted by molar-refractivity contribution is 7.05. The van der Waals surface area contributed by atoms with Crippen LogP contribution in [0.1, 0.15) is 29.3 Å². The lowest BCUT2D eigenvalue weighted by Gasteiger charge is -2.14. The van der Waals surface area contributed by atoms with Gasteiger partial charge in [-0.05, 0) is 60.4 Å². The first kappa shape index (κ1) is 20.4. The number of amides is 1. The Morgan fingerprint density at radius 1 is 1.20 bits per heavy atom. The zero-order chi connectivity index (χ0) is 21.5. The molecule has 2 aromatic carbocycles. The van der Waals surface area contributed by atoms with Crippen molar-refractivity contribution in [3.05, 3.63) is 59.0 Å². The molecule has 0 bridgehead atoms. The van der Waals surface area contributed by atoms with E-state index in [1.54, 1.807) is 22.8 Å². The Morgan fingerprint density at radius 3 is 2.57 bits per heavy atom. The maximum absolute atomic E-state index is 12.9. The normalized spacial score (nSPS) is 13.1. The summed E-state index contributed by atoms with van der Waals surface area (Å²) in [7, 11) is 0. The minimum absolute atomic E-state index is 0.145. The summed E-state index contributed by atoms with van der Waals surface area (Å²) in [6, 6.07) is 9.74. The molecule has 9 heteroatoms. The minimum Gasteiger partial charge on any atom is -0.394 e. The van der Waals surface area contributed by atoms with Crippen LogP contribution in [0, 0.1) is 0 Å². The van der Waals surface area contributed by atoms with Crippen molar-refractivity contribution in [3.63, 3.8) is 0 Å². The zero-order valence-electron chi connectivity index (χ0n) is 15.9. The summed E-state index contributed by atoms with van der Waals surface area (Å²) in [6.45, 7) is 1.72. The number of halogens is 3. The Bertz CT molecular complexity index is 1210. The number of rotatable bonds is 5. The number of aromatic nitrogens is 2. The van der Waals surface area contributed by atoms with Gasteiger partial charge >= 0.3 is 6.18 Å². The summed E-state index contributed by atoms with van der Waals surface area (Å²) in [5.74, 6) is -0.295. The third kappa shape index (κ3) is 3.54. The van der Waals surface area contributed by atoms with Gasteiger partial charge in [-0.25, -0.2) is 0 Å². The Kier molecular flexibility index (Phi) is 5.25. The van der Waals surface area contributed by atoms with E-state index >= 15 is 0 Å². The van der Waals surface area contributed by atoms with Crippen LogP contribution in [0.25, 0.3) is 27.6 Å². The number of aliphatic hydroxyl groups is 1. The Labute approximate surface area is 173 Å². The van der Waals surface area contributed by atoms with E-state index in [1.807, 2.05) is 12.3 Å². The highest BCUT2D eigenvalue weighted by atomic mass is 32.1. The maximum Gasteiger partial charge on any atom is 0.416 e. The van der Waals surface area contributed by atoms with Crippen LogP contribution in [0.4, 0.5) is 13.2 Å². The monoisotopic (exact) mass is 433 g/mol. The number of carbonyl (C=O) groups is 1. The molecule has 2 aromatic heterocycles. The van der Waals surface area contributed by atoms with Crippen LogP contribution in [0.2, 0.25) is 0 Å². The Hall–Kier alpha value is -2.91. The van der Waals surface area contributed by atoms with Crippen molar-refractivity contribution < 1.29 is 23.1 Å². The number of nitrogens with zero attached hydrogens (tertiary/aromatic N) is 2. The highest BCUT2D eigenvalue weighted by Crippen LogP contribution is 2.35. The average molecular weight is 433 g/mol. The minimum atomic E-state index is -4.40. The molecule has 0 aliphatic carbocycles. The average Bonchev–Trinajstić information content (AvgIpc) is 3.31. The van der Waals surface area contributed by atoms with Gasteiger partial charge in [0.05, 0.1) is 23.7 Å². The summed E-state index contributed by atoms with van der Waals surface area (Å²) < 4.78 is 44.9. The van der Waals surface area contributed by atoms with Gasteiger partial charge in [0.1, 0.15) is 0 Å². The molecule has 2 heterocycles. The van der Waals surface area contributed by atoms with Crippen LogP contribution >= 0.6 is 11.5 Å². The van der Waals surface area contributed by atoms with Gasteiger partial charge in [-0.1, -0.05) is 6.92 Å². The second-order valence-corrected chi connectivity index (χ2v) is 7.55. The van der Waals surface area contributed by atoms with Gasteiger partial charge in [0.15, 0.2) is 5.65 Å². The van der Waals surface area contributed by atoms with E-state index in [9.17, 15) is 23.1 Å². The van der Waals surface area contributed by atoms with Gasteiger partial charge in [0.2, 0.25) is 0 Å². The number of aliphatic hydroxyl groups excluding tert-OH is 1. The molecule has 0 aliphatic rings. The fraction of sp³-hybridized carbons (Fsp3) is 0.238. The molecule has 0 saturated carbocycles. The van der Waals surface area contributed by atoms with Crippen LogP contribution in [-0.4, -0.2) is 32.6 Å². The van der Waals surface area contributed by atoms with Crippen LogP contribution in [-0.2, 0) is 6.18 Å². The van der Waals surface area contributed by atoms with E-state index < -0.39 is 11.7 Å². The predicted octanol–water partition coefficient (Wildman–Crippen LogP) is 4.76. The second-order valence-electron chi connectivity index (χ2n) is 6.93. The maximum atomic E-state index is 12.9. The van der Waals surface area contributed by atoms with Crippen LogP contribution < -0.4 is 5.32 Å². The van der Waals surface area contributed by atoms with Gasteiger partial charge < -0.3 is 10.4 Å². The predicted molar refractivity (Wildman–Crippen MR) is 110 cm³/mol. The summed E-state index contributed by atoms with van der Waals surface area (Å²) in [5, 5.41) is 15.5. The molecule has 1 atom stereocenters. The third-order valence-electron chi connectivity index (χ3n) is 5.05. The summed E-state index contributed by atoms with van der Waals surface area (Å²) in [5.41, 5.74) is 1.63. The topological polar surface area (TPSA) is 67.2 Å². The Balaban J connectivity index is 1.80.